The van der Waals surface area contributed by atoms with E-state index in [-0.39, 0.29) is 24.5 Å². The van der Waals surface area contributed by atoms with Gasteiger partial charge in [-0.25, -0.2) is 13.2 Å². The minimum atomic E-state index is -1.49. The number of carbonyl (C=O) groups excluding carboxylic acids is 1. The average Bonchev–Trinajstić information content (AvgIpc) is 2.64. The summed E-state index contributed by atoms with van der Waals surface area (Å²) in [6, 6.07) is 1.64. The predicted octanol–water partition coefficient (Wildman–Crippen LogP) is 3.63. The third-order valence-electron chi connectivity index (χ3n) is 4.62. The number of likely N-dealkylation sites (N-methyl/N-ethyl adjacent to an activating group) is 1. The number of hydrogen-bond acceptors (Lipinski definition) is 3. The van der Waals surface area contributed by atoms with Gasteiger partial charge in [0.25, 0.3) is 0 Å². The van der Waals surface area contributed by atoms with Crippen molar-refractivity contribution >= 4 is 11.9 Å². The van der Waals surface area contributed by atoms with Gasteiger partial charge in [0, 0.05) is 18.6 Å². The van der Waals surface area contributed by atoms with E-state index < -0.39 is 29.5 Å². The van der Waals surface area contributed by atoms with Gasteiger partial charge in [0.1, 0.15) is 0 Å². The maximum absolute atomic E-state index is 13.5. The molecule has 6 nitrogen and oxygen atoms in total. The maximum atomic E-state index is 13.5. The summed E-state index contributed by atoms with van der Waals surface area (Å²) in [5.41, 5.74) is -0.0172. The Labute approximate surface area is 182 Å². The molecule has 1 aromatic carbocycles. The summed E-state index contributed by atoms with van der Waals surface area (Å²) >= 11 is 0. The molecule has 0 saturated carbocycles. The molecule has 1 amide bonds. The zero-order valence-electron chi connectivity index (χ0n) is 18.6. The Morgan fingerprint density at radius 1 is 1.03 bits per heavy atom. The number of amides is 1. The van der Waals surface area contributed by atoms with Crippen LogP contribution < -0.4 is 5.32 Å². The van der Waals surface area contributed by atoms with Gasteiger partial charge in [0.2, 0.25) is 5.91 Å². The molecule has 2 N–H and O–H groups in total. The number of carbonyl (C=O) groups is 2. The first kappa shape index (κ1) is 26.9. The van der Waals surface area contributed by atoms with E-state index in [0.717, 1.165) is 31.7 Å². The summed E-state index contributed by atoms with van der Waals surface area (Å²) in [7, 11) is 5.83. The molecular weight excluding hydrogens is 413 g/mol. The minimum Gasteiger partial charge on any atom is -0.481 e. The number of aliphatic carboxylic acids is 1. The number of carboxylic acids is 1. The van der Waals surface area contributed by atoms with Crippen molar-refractivity contribution in [1.82, 2.24) is 5.32 Å². The maximum Gasteiger partial charge on any atom is 0.305 e. The van der Waals surface area contributed by atoms with Crippen molar-refractivity contribution in [3.8, 4) is 0 Å². The first-order valence-electron chi connectivity index (χ1n) is 10.5. The van der Waals surface area contributed by atoms with E-state index in [1.165, 1.54) is 6.07 Å². The smallest absolute Gasteiger partial charge is 0.305 e. The van der Waals surface area contributed by atoms with E-state index in [4.69, 9.17) is 9.84 Å². The molecule has 0 aromatic heterocycles. The van der Waals surface area contributed by atoms with Crippen LogP contribution in [0.3, 0.4) is 0 Å². The lowest BCUT2D eigenvalue weighted by molar-refractivity contribution is -0.871. The van der Waals surface area contributed by atoms with Gasteiger partial charge < -0.3 is 19.6 Å². The van der Waals surface area contributed by atoms with Gasteiger partial charge in [-0.15, -0.1) is 0 Å². The third-order valence-corrected chi connectivity index (χ3v) is 4.62. The molecule has 9 heteroatoms. The molecule has 0 bridgehead atoms. The fourth-order valence-corrected chi connectivity index (χ4v) is 3.21. The summed E-state index contributed by atoms with van der Waals surface area (Å²) < 4.78 is 45.4. The van der Waals surface area contributed by atoms with Crippen LogP contribution in [-0.2, 0) is 20.9 Å². The van der Waals surface area contributed by atoms with E-state index in [9.17, 15) is 22.8 Å². The molecule has 31 heavy (non-hydrogen) atoms. The number of benzene rings is 1. The molecule has 0 spiro atoms. The Hall–Kier alpha value is -2.13. The molecule has 0 heterocycles. The van der Waals surface area contributed by atoms with Gasteiger partial charge >= 0.3 is 5.97 Å². The molecule has 1 atom stereocenters. The highest BCUT2D eigenvalue weighted by atomic mass is 19.2. The highest BCUT2D eigenvalue weighted by Crippen LogP contribution is 2.16. The number of ether oxygens (including phenoxy) is 1. The Kier molecular flexibility index (Phi) is 11.6. The van der Waals surface area contributed by atoms with Crippen LogP contribution in [-0.4, -0.2) is 61.8 Å². The molecule has 0 radical (unpaired) electrons. The van der Waals surface area contributed by atoms with Gasteiger partial charge in [0.05, 0.1) is 46.8 Å². The van der Waals surface area contributed by atoms with E-state index in [1.54, 1.807) is 0 Å². The largest absolute Gasteiger partial charge is 0.481 e. The quantitative estimate of drug-likeness (QED) is 0.245. The molecule has 0 saturated heterocycles. The monoisotopic (exact) mass is 447 g/mol. The molecule has 0 fully saturated rings. The van der Waals surface area contributed by atoms with Crippen LogP contribution in [0, 0.1) is 17.5 Å². The van der Waals surface area contributed by atoms with Crippen molar-refractivity contribution in [2.24, 2.45) is 0 Å². The second kappa shape index (κ2) is 13.3. The van der Waals surface area contributed by atoms with Crippen molar-refractivity contribution in [2.75, 3.05) is 34.3 Å². The topological polar surface area (TPSA) is 75.6 Å². The van der Waals surface area contributed by atoms with Gasteiger partial charge in [-0.3, -0.25) is 9.59 Å². The Morgan fingerprint density at radius 3 is 2.32 bits per heavy atom. The van der Waals surface area contributed by atoms with Crippen molar-refractivity contribution in [1.29, 1.82) is 0 Å². The number of unbranched alkanes of at least 4 members (excludes halogenated alkanes) is 4. The number of rotatable bonds is 15. The molecule has 0 aliphatic rings. The van der Waals surface area contributed by atoms with Crippen molar-refractivity contribution in [3.63, 3.8) is 0 Å². The number of nitrogens with one attached hydrogen (secondary N) is 1. The van der Waals surface area contributed by atoms with E-state index in [1.807, 2.05) is 21.1 Å². The Morgan fingerprint density at radius 2 is 1.68 bits per heavy atom. The van der Waals surface area contributed by atoms with Crippen LogP contribution in [0.25, 0.3) is 0 Å². The number of carboxylic acid groups (broad SMARTS) is 1. The van der Waals surface area contributed by atoms with Gasteiger partial charge in [-0.05, 0) is 18.9 Å². The van der Waals surface area contributed by atoms with Crippen molar-refractivity contribution in [3.05, 3.63) is 35.1 Å². The van der Waals surface area contributed by atoms with Gasteiger partial charge in [-0.2, -0.15) is 0 Å². The molecule has 0 unspecified atom stereocenters. The van der Waals surface area contributed by atoms with Crippen LogP contribution in [0.2, 0.25) is 0 Å². The summed E-state index contributed by atoms with van der Waals surface area (Å²) in [5, 5.41) is 11.8. The summed E-state index contributed by atoms with van der Waals surface area (Å²) in [6.07, 6.45) is 4.30. The van der Waals surface area contributed by atoms with Gasteiger partial charge in [-0.1, -0.05) is 25.3 Å². The second-order valence-corrected chi connectivity index (χ2v) is 8.74. The summed E-state index contributed by atoms with van der Waals surface area (Å²) in [6.45, 7) is 0.793. The first-order valence-corrected chi connectivity index (χ1v) is 10.5. The zero-order chi connectivity index (χ0) is 23.4. The number of nitrogens with zero attached hydrogens (tertiary/aromatic N) is 1. The lowest BCUT2D eigenvalue weighted by Gasteiger charge is -2.29. The Bertz CT molecular complexity index is 723. The number of hydrogen-bond donors (Lipinski definition) is 2. The fraction of sp³-hybridized carbons (Fsp3) is 0.636. The van der Waals surface area contributed by atoms with Crippen LogP contribution in [0.5, 0.6) is 0 Å². The van der Waals surface area contributed by atoms with Gasteiger partial charge in [0.15, 0.2) is 17.5 Å². The highest BCUT2D eigenvalue weighted by molar-refractivity contribution is 5.77. The molecule has 0 aliphatic heterocycles. The highest BCUT2D eigenvalue weighted by Gasteiger charge is 2.22. The summed E-state index contributed by atoms with van der Waals surface area (Å²) in [4.78, 5) is 23.1. The zero-order valence-corrected chi connectivity index (χ0v) is 18.6. The Balaban J connectivity index is 2.14. The lowest BCUT2D eigenvalue weighted by Crippen LogP contribution is -2.49. The molecule has 176 valence electrons. The van der Waals surface area contributed by atoms with Crippen molar-refractivity contribution < 1.29 is 37.1 Å². The minimum absolute atomic E-state index is 0.0172. The number of quaternary nitrogens is 1. The third kappa shape index (κ3) is 11.7. The van der Waals surface area contributed by atoms with E-state index in [0.29, 0.717) is 30.5 Å². The van der Waals surface area contributed by atoms with Crippen molar-refractivity contribution in [2.45, 2.75) is 57.6 Å². The number of halogens is 3. The van der Waals surface area contributed by atoms with E-state index in [2.05, 4.69) is 5.32 Å². The van der Waals surface area contributed by atoms with Crippen LogP contribution >= 0.6 is 0 Å². The van der Waals surface area contributed by atoms with Crippen LogP contribution in [0.1, 0.15) is 50.5 Å². The predicted molar refractivity (Wildman–Crippen MR) is 111 cm³/mol. The first-order chi connectivity index (χ1) is 14.5. The van der Waals surface area contributed by atoms with Crippen LogP contribution in [0.15, 0.2) is 12.1 Å². The van der Waals surface area contributed by atoms with E-state index >= 15 is 0 Å². The standard InChI is InChI=1S/C22H33F3N2O4/c1-27(2,3)14-17(13-20(29)30)26-19(28)9-7-5-4-6-8-12-31-15-16-10-11-18(23)22(25)21(16)24/h10-11,17H,4-9,12-15H2,1-3H3,(H-,26,28,29,30)/p+1/t17-/m1/s1. The molecule has 1 rings (SSSR count). The molecular formula is C22H34F3N2O4+. The SMILES string of the molecule is C[N+](C)(C)C[C@@H](CC(=O)O)NC(=O)CCCCCCCOCc1ccc(F)c(F)c1F. The second-order valence-electron chi connectivity index (χ2n) is 8.74. The summed E-state index contributed by atoms with van der Waals surface area (Å²) in [5.74, 6) is -5.01. The lowest BCUT2D eigenvalue weighted by atomic mass is 10.1. The normalized spacial score (nSPS) is 12.6. The average molecular weight is 448 g/mol. The fourth-order valence-electron chi connectivity index (χ4n) is 3.21. The molecule has 1 aromatic rings. The molecule has 0 aliphatic carbocycles. The van der Waals surface area contributed by atoms with Crippen LogP contribution in [0.4, 0.5) is 13.2 Å².